The molecule has 3 atom stereocenters. The number of likely N-dealkylation sites (N-methyl/N-ethyl adjacent to an activating group) is 1. The number of rotatable bonds is 10. The maximum Gasteiger partial charge on any atom is 0.408 e. The molecule has 0 heterocycles. The highest BCUT2D eigenvalue weighted by Gasteiger charge is 2.36. The summed E-state index contributed by atoms with van der Waals surface area (Å²) >= 11 is 0. The molecule has 1 aromatic carbocycles. The van der Waals surface area contributed by atoms with Crippen LogP contribution in [-0.2, 0) is 14.3 Å². The highest BCUT2D eigenvalue weighted by molar-refractivity contribution is 5.92. The van der Waals surface area contributed by atoms with Crippen LogP contribution in [0.4, 0.5) is 4.79 Å². The van der Waals surface area contributed by atoms with Gasteiger partial charge in [0.1, 0.15) is 17.7 Å². The first-order valence-corrected chi connectivity index (χ1v) is 11.5. The molecule has 0 saturated heterocycles. The number of hydrogen-bond donors (Lipinski definition) is 2. The molecule has 0 aliphatic rings. The van der Waals surface area contributed by atoms with Crippen LogP contribution < -0.4 is 10.6 Å². The van der Waals surface area contributed by atoms with Crippen molar-refractivity contribution in [3.8, 4) is 0 Å². The van der Waals surface area contributed by atoms with Crippen molar-refractivity contribution in [2.24, 2.45) is 5.92 Å². The van der Waals surface area contributed by atoms with Gasteiger partial charge in [-0.05, 0) is 45.6 Å². The van der Waals surface area contributed by atoms with E-state index in [1.807, 2.05) is 45.0 Å². The zero-order valence-corrected chi connectivity index (χ0v) is 21.0. The van der Waals surface area contributed by atoms with Gasteiger partial charge in [-0.3, -0.25) is 9.59 Å². The third kappa shape index (κ3) is 8.52. The molecule has 3 amide bonds. The molecule has 0 aliphatic heterocycles. The average molecular weight is 448 g/mol. The summed E-state index contributed by atoms with van der Waals surface area (Å²) < 4.78 is 5.36. The van der Waals surface area contributed by atoms with Crippen molar-refractivity contribution >= 4 is 17.9 Å². The van der Waals surface area contributed by atoms with Crippen molar-refractivity contribution in [2.45, 2.75) is 85.4 Å². The Bertz CT molecular complexity index is 755. The number of unbranched alkanes of at least 4 members (excludes halogenated alkanes) is 1. The largest absolute Gasteiger partial charge is 0.444 e. The average Bonchev–Trinajstić information content (AvgIpc) is 2.71. The van der Waals surface area contributed by atoms with E-state index < -0.39 is 23.8 Å². The molecule has 0 fully saturated rings. The van der Waals surface area contributed by atoms with Crippen molar-refractivity contribution < 1.29 is 19.1 Å². The van der Waals surface area contributed by atoms with Gasteiger partial charge in [0.15, 0.2) is 0 Å². The summed E-state index contributed by atoms with van der Waals surface area (Å²) in [4.78, 5) is 40.5. The maximum absolute atomic E-state index is 13.5. The Morgan fingerprint density at radius 3 is 2.19 bits per heavy atom. The number of hydrogen-bond acceptors (Lipinski definition) is 4. The topological polar surface area (TPSA) is 87.7 Å². The number of amides is 3. The summed E-state index contributed by atoms with van der Waals surface area (Å²) in [6.45, 7) is 13.7. The second-order valence-electron chi connectivity index (χ2n) is 9.42. The van der Waals surface area contributed by atoms with Gasteiger partial charge < -0.3 is 20.3 Å². The fraction of sp³-hybridized carbons (Fsp3) is 0.640. The van der Waals surface area contributed by atoms with Gasteiger partial charge >= 0.3 is 6.09 Å². The molecule has 0 spiro atoms. The summed E-state index contributed by atoms with van der Waals surface area (Å²) in [6, 6.07) is 5.96. The molecule has 180 valence electrons. The van der Waals surface area contributed by atoms with Crippen LogP contribution in [0.15, 0.2) is 24.3 Å². The molecule has 7 nitrogen and oxygen atoms in total. The second-order valence-corrected chi connectivity index (χ2v) is 9.42. The van der Waals surface area contributed by atoms with E-state index in [2.05, 4.69) is 17.6 Å². The number of carbonyl (C=O) groups is 3. The highest BCUT2D eigenvalue weighted by Crippen LogP contribution is 2.23. The van der Waals surface area contributed by atoms with Gasteiger partial charge in [0.2, 0.25) is 11.8 Å². The Morgan fingerprint density at radius 1 is 1.09 bits per heavy atom. The van der Waals surface area contributed by atoms with Gasteiger partial charge in [-0.15, -0.1) is 0 Å². The summed E-state index contributed by atoms with van der Waals surface area (Å²) in [5.74, 6) is -0.709. The van der Waals surface area contributed by atoms with Gasteiger partial charge in [0.05, 0.1) is 0 Å². The lowest BCUT2D eigenvalue weighted by Crippen LogP contribution is -2.54. The van der Waals surface area contributed by atoms with E-state index in [-0.39, 0.29) is 17.7 Å². The SMILES string of the molecule is CCCCNC(=O)C(c1ccc(C)cc1)N(C)C(=O)C(NC(=O)OC(C)(C)C)C(C)CC. The fourth-order valence-electron chi connectivity index (χ4n) is 3.25. The number of benzene rings is 1. The number of ether oxygens (including phenoxy) is 1. The predicted octanol–water partition coefficient (Wildman–Crippen LogP) is 4.35. The van der Waals surface area contributed by atoms with Crippen molar-refractivity contribution in [3.63, 3.8) is 0 Å². The monoisotopic (exact) mass is 447 g/mol. The van der Waals surface area contributed by atoms with Crippen LogP contribution in [0.2, 0.25) is 0 Å². The quantitative estimate of drug-likeness (QED) is 0.522. The molecule has 3 unspecified atom stereocenters. The molecular weight excluding hydrogens is 406 g/mol. The Balaban J connectivity index is 3.20. The van der Waals surface area contributed by atoms with Crippen LogP contribution in [0.3, 0.4) is 0 Å². The summed E-state index contributed by atoms with van der Waals surface area (Å²) in [5, 5.41) is 5.67. The van der Waals surface area contributed by atoms with E-state index in [4.69, 9.17) is 4.74 Å². The minimum absolute atomic E-state index is 0.140. The zero-order valence-electron chi connectivity index (χ0n) is 21.0. The molecule has 1 aromatic rings. The number of nitrogens with zero attached hydrogens (tertiary/aromatic N) is 1. The first kappa shape index (κ1) is 27.5. The molecule has 1 rings (SSSR count). The predicted molar refractivity (Wildman–Crippen MR) is 127 cm³/mol. The second kappa shape index (κ2) is 12.5. The van der Waals surface area contributed by atoms with E-state index in [0.29, 0.717) is 13.0 Å². The molecule has 32 heavy (non-hydrogen) atoms. The number of alkyl carbamates (subject to hydrolysis) is 1. The molecule has 0 aliphatic carbocycles. The third-order valence-corrected chi connectivity index (χ3v) is 5.36. The van der Waals surface area contributed by atoms with Crippen molar-refractivity contribution in [1.29, 1.82) is 0 Å². The molecular formula is C25H41N3O4. The zero-order chi connectivity index (χ0) is 24.5. The normalized spacial score (nSPS) is 14.1. The Labute approximate surface area is 193 Å². The van der Waals surface area contributed by atoms with Crippen molar-refractivity contribution in [3.05, 3.63) is 35.4 Å². The van der Waals surface area contributed by atoms with E-state index in [0.717, 1.165) is 24.0 Å². The van der Waals surface area contributed by atoms with Gasteiger partial charge in [0, 0.05) is 13.6 Å². The molecule has 7 heteroatoms. The van der Waals surface area contributed by atoms with Crippen LogP contribution >= 0.6 is 0 Å². The minimum atomic E-state index is -0.809. The Morgan fingerprint density at radius 2 is 1.69 bits per heavy atom. The van der Waals surface area contributed by atoms with Crippen molar-refractivity contribution in [1.82, 2.24) is 15.5 Å². The molecule has 0 radical (unpaired) electrons. The van der Waals surface area contributed by atoms with Gasteiger partial charge in [-0.1, -0.05) is 63.4 Å². The lowest BCUT2D eigenvalue weighted by molar-refractivity contribution is -0.141. The smallest absolute Gasteiger partial charge is 0.408 e. The first-order valence-electron chi connectivity index (χ1n) is 11.5. The summed E-state index contributed by atoms with van der Waals surface area (Å²) in [7, 11) is 1.61. The lowest BCUT2D eigenvalue weighted by Gasteiger charge is -2.33. The summed E-state index contributed by atoms with van der Waals surface area (Å²) in [6.07, 6.45) is 1.85. The van der Waals surface area contributed by atoms with Crippen LogP contribution in [-0.4, -0.2) is 48.0 Å². The van der Waals surface area contributed by atoms with Crippen LogP contribution in [0.25, 0.3) is 0 Å². The first-order chi connectivity index (χ1) is 14.9. The van der Waals surface area contributed by atoms with E-state index in [1.165, 1.54) is 4.90 Å². The van der Waals surface area contributed by atoms with Crippen LogP contribution in [0, 0.1) is 12.8 Å². The minimum Gasteiger partial charge on any atom is -0.444 e. The van der Waals surface area contributed by atoms with Crippen molar-refractivity contribution in [2.75, 3.05) is 13.6 Å². The Hall–Kier alpha value is -2.57. The van der Waals surface area contributed by atoms with E-state index >= 15 is 0 Å². The Kier molecular flexibility index (Phi) is 10.7. The molecule has 0 aromatic heterocycles. The number of aryl methyl sites for hydroxylation is 1. The fourth-order valence-corrected chi connectivity index (χ4v) is 3.25. The van der Waals surface area contributed by atoms with Crippen LogP contribution in [0.1, 0.15) is 78.0 Å². The van der Waals surface area contributed by atoms with E-state index in [9.17, 15) is 14.4 Å². The highest BCUT2D eigenvalue weighted by atomic mass is 16.6. The molecule has 0 saturated carbocycles. The standard InChI is InChI=1S/C25H41N3O4/c1-9-11-16-26-22(29)21(19-14-12-17(3)13-15-19)28(8)23(30)20(18(4)10-2)27-24(31)32-25(5,6)7/h12-15,18,20-21H,9-11,16H2,1-8H3,(H,26,29)(H,27,31). The van der Waals surface area contributed by atoms with Gasteiger partial charge in [-0.25, -0.2) is 4.79 Å². The van der Waals surface area contributed by atoms with Crippen LogP contribution in [0.5, 0.6) is 0 Å². The number of carbonyl (C=O) groups excluding carboxylic acids is 3. The summed E-state index contributed by atoms with van der Waals surface area (Å²) in [5.41, 5.74) is 1.11. The van der Waals surface area contributed by atoms with Gasteiger partial charge in [0.25, 0.3) is 0 Å². The lowest BCUT2D eigenvalue weighted by atomic mass is 9.96. The maximum atomic E-state index is 13.5. The van der Waals surface area contributed by atoms with Gasteiger partial charge in [-0.2, -0.15) is 0 Å². The number of nitrogens with one attached hydrogen (secondary N) is 2. The molecule has 2 N–H and O–H groups in total. The van der Waals surface area contributed by atoms with E-state index in [1.54, 1.807) is 27.8 Å². The molecule has 0 bridgehead atoms. The third-order valence-electron chi connectivity index (χ3n) is 5.36.